The molecule has 0 saturated heterocycles. The van der Waals surface area contributed by atoms with Crippen LogP contribution in [0.5, 0.6) is 5.75 Å². The van der Waals surface area contributed by atoms with Crippen LogP contribution in [-0.4, -0.2) is 25.1 Å². The summed E-state index contributed by atoms with van der Waals surface area (Å²) in [6.45, 7) is 1.69. The summed E-state index contributed by atoms with van der Waals surface area (Å²) in [6.07, 6.45) is 1.44. The van der Waals surface area contributed by atoms with E-state index in [1.165, 1.54) is 13.3 Å². The van der Waals surface area contributed by atoms with Crippen LogP contribution < -0.4 is 4.74 Å². The molecule has 0 atom stereocenters. The van der Waals surface area contributed by atoms with Crippen LogP contribution in [0.2, 0.25) is 0 Å². The minimum Gasteiger partial charge on any atom is -0.496 e. The average molecular weight is 217 g/mol. The van der Waals surface area contributed by atoms with E-state index in [1.807, 2.05) is 0 Å². The van der Waals surface area contributed by atoms with Crippen molar-refractivity contribution in [2.45, 2.75) is 12.7 Å². The summed E-state index contributed by atoms with van der Waals surface area (Å²) in [5.41, 5.74) is 0.916. The molecule has 0 saturated carbocycles. The van der Waals surface area contributed by atoms with Crippen molar-refractivity contribution in [3.8, 4) is 5.75 Å². The van der Waals surface area contributed by atoms with E-state index in [0.29, 0.717) is 17.0 Å². The Morgan fingerprint density at radius 3 is 2.71 bits per heavy atom. The van der Waals surface area contributed by atoms with Gasteiger partial charge in [-0.25, -0.2) is 0 Å². The predicted octanol–water partition coefficient (Wildman–Crippen LogP) is 0.786. The van der Waals surface area contributed by atoms with Crippen LogP contribution in [0.4, 0.5) is 0 Å². The Morgan fingerprint density at radius 2 is 2.21 bits per heavy atom. The fourth-order valence-electron chi connectivity index (χ4n) is 1.10. The van der Waals surface area contributed by atoms with Crippen LogP contribution >= 0.6 is 0 Å². The van der Waals surface area contributed by atoms with E-state index in [-0.39, 0.29) is 0 Å². The standard InChI is InChI=1S/C8H11NO4S/c1-6-7(5-14(10,11)12)9-4-3-8(6)13-2/h3-4H,5H2,1-2H3,(H,10,11,12). The monoisotopic (exact) mass is 217 g/mol. The number of aromatic nitrogens is 1. The third-order valence-electron chi connectivity index (χ3n) is 1.80. The summed E-state index contributed by atoms with van der Waals surface area (Å²) >= 11 is 0. The van der Waals surface area contributed by atoms with Gasteiger partial charge in [0.05, 0.1) is 12.8 Å². The number of hydrogen-bond acceptors (Lipinski definition) is 4. The van der Waals surface area contributed by atoms with Gasteiger partial charge in [-0.05, 0) is 13.0 Å². The van der Waals surface area contributed by atoms with E-state index < -0.39 is 15.9 Å². The molecule has 6 heteroatoms. The molecule has 0 amide bonds. The molecule has 14 heavy (non-hydrogen) atoms. The number of pyridine rings is 1. The molecule has 0 bridgehead atoms. The van der Waals surface area contributed by atoms with Gasteiger partial charge >= 0.3 is 0 Å². The Labute approximate surface area is 82.5 Å². The average Bonchev–Trinajstić information content (AvgIpc) is 2.06. The highest BCUT2D eigenvalue weighted by atomic mass is 32.2. The molecule has 0 fully saturated rings. The molecule has 1 heterocycles. The molecular formula is C8H11NO4S. The first-order chi connectivity index (χ1) is 6.44. The quantitative estimate of drug-likeness (QED) is 0.757. The van der Waals surface area contributed by atoms with Crippen LogP contribution in [0.25, 0.3) is 0 Å². The van der Waals surface area contributed by atoms with Crippen molar-refractivity contribution >= 4 is 10.1 Å². The summed E-state index contributed by atoms with van der Waals surface area (Å²) in [4.78, 5) is 3.85. The maximum atomic E-state index is 10.6. The number of hydrogen-bond donors (Lipinski definition) is 1. The van der Waals surface area contributed by atoms with Gasteiger partial charge in [0.15, 0.2) is 0 Å². The van der Waals surface area contributed by atoms with E-state index in [4.69, 9.17) is 9.29 Å². The van der Waals surface area contributed by atoms with E-state index >= 15 is 0 Å². The van der Waals surface area contributed by atoms with E-state index in [0.717, 1.165) is 0 Å². The van der Waals surface area contributed by atoms with Crippen molar-refractivity contribution in [3.63, 3.8) is 0 Å². The molecule has 1 aromatic heterocycles. The largest absolute Gasteiger partial charge is 0.496 e. The lowest BCUT2D eigenvalue weighted by Gasteiger charge is -2.07. The highest BCUT2D eigenvalue weighted by Gasteiger charge is 2.12. The number of methoxy groups -OCH3 is 1. The van der Waals surface area contributed by atoms with Crippen LogP contribution in [0.3, 0.4) is 0 Å². The van der Waals surface area contributed by atoms with Gasteiger partial charge in [-0.1, -0.05) is 0 Å². The SMILES string of the molecule is COc1ccnc(CS(=O)(=O)O)c1C. The molecule has 5 nitrogen and oxygen atoms in total. The highest BCUT2D eigenvalue weighted by Crippen LogP contribution is 2.19. The maximum Gasteiger partial charge on any atom is 0.270 e. The minimum atomic E-state index is -4.04. The molecule has 0 spiro atoms. The lowest BCUT2D eigenvalue weighted by atomic mass is 10.2. The summed E-state index contributed by atoms with van der Waals surface area (Å²) in [5, 5.41) is 0. The first kappa shape index (κ1) is 10.9. The lowest BCUT2D eigenvalue weighted by molar-refractivity contribution is 0.410. The van der Waals surface area contributed by atoms with E-state index in [2.05, 4.69) is 4.98 Å². The van der Waals surface area contributed by atoms with Crippen molar-refractivity contribution in [1.82, 2.24) is 4.98 Å². The zero-order valence-electron chi connectivity index (χ0n) is 7.89. The molecule has 0 unspecified atom stereocenters. The fourth-order valence-corrected chi connectivity index (χ4v) is 1.73. The Kier molecular flexibility index (Phi) is 3.07. The molecule has 0 aliphatic rings. The lowest BCUT2D eigenvalue weighted by Crippen LogP contribution is -2.06. The van der Waals surface area contributed by atoms with Gasteiger partial charge in [-0.15, -0.1) is 0 Å². The van der Waals surface area contributed by atoms with Crippen molar-refractivity contribution in [2.75, 3.05) is 7.11 Å². The molecule has 1 rings (SSSR count). The first-order valence-corrected chi connectivity index (χ1v) is 5.48. The van der Waals surface area contributed by atoms with Crippen LogP contribution in [0.15, 0.2) is 12.3 Å². The second-order valence-electron chi connectivity index (χ2n) is 2.81. The summed E-state index contributed by atoms with van der Waals surface area (Å²) in [5.74, 6) is 0.0643. The number of rotatable bonds is 3. The smallest absolute Gasteiger partial charge is 0.270 e. The highest BCUT2D eigenvalue weighted by molar-refractivity contribution is 7.85. The molecule has 1 aromatic rings. The molecule has 0 aromatic carbocycles. The third-order valence-corrected chi connectivity index (χ3v) is 2.44. The predicted molar refractivity (Wildman–Crippen MR) is 50.8 cm³/mol. The van der Waals surface area contributed by atoms with Gasteiger partial charge in [-0.2, -0.15) is 8.42 Å². The minimum absolute atomic E-state index is 0.298. The van der Waals surface area contributed by atoms with Crippen LogP contribution in [0.1, 0.15) is 11.3 Å². The fraction of sp³-hybridized carbons (Fsp3) is 0.375. The summed E-state index contributed by atoms with van der Waals surface area (Å²) in [6, 6.07) is 1.63. The number of nitrogens with zero attached hydrogens (tertiary/aromatic N) is 1. The van der Waals surface area contributed by atoms with Crippen molar-refractivity contribution < 1.29 is 17.7 Å². The van der Waals surface area contributed by atoms with E-state index in [9.17, 15) is 8.42 Å². The number of ether oxygens (including phenoxy) is 1. The molecule has 0 aliphatic carbocycles. The van der Waals surface area contributed by atoms with Gasteiger partial charge in [0.1, 0.15) is 11.5 Å². The van der Waals surface area contributed by atoms with E-state index in [1.54, 1.807) is 13.0 Å². The van der Waals surface area contributed by atoms with Crippen LogP contribution in [0, 0.1) is 6.92 Å². The molecule has 0 radical (unpaired) electrons. The summed E-state index contributed by atoms with van der Waals surface area (Å²) < 4.78 is 34.9. The Morgan fingerprint density at radius 1 is 1.57 bits per heavy atom. The normalized spacial score (nSPS) is 11.4. The first-order valence-electron chi connectivity index (χ1n) is 3.87. The molecule has 1 N–H and O–H groups in total. The van der Waals surface area contributed by atoms with Crippen molar-refractivity contribution in [1.29, 1.82) is 0 Å². The van der Waals surface area contributed by atoms with Gasteiger partial charge in [0, 0.05) is 11.8 Å². The molecule has 78 valence electrons. The van der Waals surface area contributed by atoms with Crippen LogP contribution in [-0.2, 0) is 15.9 Å². The van der Waals surface area contributed by atoms with Crippen molar-refractivity contribution in [3.05, 3.63) is 23.5 Å². The Bertz CT molecular complexity index is 427. The third kappa shape index (κ3) is 2.68. The van der Waals surface area contributed by atoms with Gasteiger partial charge in [0.2, 0.25) is 0 Å². The Balaban J connectivity index is 3.10. The maximum absolute atomic E-state index is 10.6. The topological polar surface area (TPSA) is 76.5 Å². The zero-order chi connectivity index (χ0) is 10.8. The van der Waals surface area contributed by atoms with Crippen molar-refractivity contribution in [2.24, 2.45) is 0 Å². The van der Waals surface area contributed by atoms with Gasteiger partial charge in [0.25, 0.3) is 10.1 Å². The second kappa shape index (κ2) is 3.93. The second-order valence-corrected chi connectivity index (χ2v) is 4.26. The van der Waals surface area contributed by atoms with Gasteiger partial charge in [-0.3, -0.25) is 9.54 Å². The van der Waals surface area contributed by atoms with Gasteiger partial charge < -0.3 is 4.74 Å². The zero-order valence-corrected chi connectivity index (χ0v) is 8.71. The molecule has 0 aliphatic heterocycles. The molecular weight excluding hydrogens is 206 g/mol. The Hall–Kier alpha value is -1.14. The summed E-state index contributed by atoms with van der Waals surface area (Å²) in [7, 11) is -2.56.